The zero-order valence-corrected chi connectivity index (χ0v) is 16.8. The first kappa shape index (κ1) is 19.1. The van der Waals surface area contributed by atoms with E-state index < -0.39 is 10.0 Å². The summed E-state index contributed by atoms with van der Waals surface area (Å²) in [5, 5.41) is 0. The molecule has 0 fully saturated rings. The molecule has 3 aromatic rings. The van der Waals surface area contributed by atoms with E-state index in [-0.39, 0.29) is 10.8 Å². The molecule has 6 nitrogen and oxygen atoms in total. The van der Waals surface area contributed by atoms with Crippen molar-refractivity contribution in [3.63, 3.8) is 0 Å². The van der Waals surface area contributed by atoms with Crippen LogP contribution in [0.2, 0.25) is 0 Å². The van der Waals surface area contributed by atoms with E-state index in [9.17, 15) is 13.2 Å². The number of aryl methyl sites for hydroxylation is 1. The van der Waals surface area contributed by atoms with Gasteiger partial charge in [0, 0.05) is 24.6 Å². The van der Waals surface area contributed by atoms with E-state index in [1.54, 1.807) is 47.5 Å². The average Bonchev–Trinajstić information content (AvgIpc) is 3.17. The van der Waals surface area contributed by atoms with Crippen LogP contribution in [0.4, 0.5) is 11.4 Å². The van der Waals surface area contributed by atoms with E-state index in [0.717, 1.165) is 29.7 Å². The molecule has 2 heterocycles. The standard InChI is InChI=1S/C22H21N3O3S/c1-2-16-5-9-20(10-6-16)29(27,28)24-19-8-7-17-11-13-25(21(17)14-19)22(26)18-4-3-12-23-15-18/h3-10,12,14-15,24H,2,11,13H2,1H3. The van der Waals surface area contributed by atoms with Crippen LogP contribution in [0.15, 0.2) is 71.9 Å². The lowest BCUT2D eigenvalue weighted by Crippen LogP contribution is -2.29. The molecule has 0 atom stereocenters. The lowest BCUT2D eigenvalue weighted by atomic mass is 10.1. The fraction of sp³-hybridized carbons (Fsp3) is 0.182. The van der Waals surface area contributed by atoms with E-state index in [2.05, 4.69) is 9.71 Å². The average molecular weight is 407 g/mol. The van der Waals surface area contributed by atoms with Gasteiger partial charge in [-0.1, -0.05) is 25.1 Å². The van der Waals surface area contributed by atoms with Crippen LogP contribution in [0, 0.1) is 0 Å². The molecule has 7 heteroatoms. The molecule has 148 valence electrons. The van der Waals surface area contributed by atoms with Gasteiger partial charge >= 0.3 is 0 Å². The Morgan fingerprint density at radius 1 is 1.14 bits per heavy atom. The third-order valence-corrected chi connectivity index (χ3v) is 6.43. The number of benzene rings is 2. The van der Waals surface area contributed by atoms with Crippen LogP contribution in [0.1, 0.15) is 28.4 Å². The number of carbonyl (C=O) groups is 1. The normalized spacial score (nSPS) is 13.2. The number of pyridine rings is 1. The Morgan fingerprint density at radius 2 is 1.93 bits per heavy atom. The summed E-state index contributed by atoms with van der Waals surface area (Å²) in [5.41, 5.74) is 3.74. The number of amides is 1. The molecule has 0 unspecified atom stereocenters. The highest BCUT2D eigenvalue weighted by Crippen LogP contribution is 2.32. The summed E-state index contributed by atoms with van der Waals surface area (Å²) in [4.78, 5) is 18.7. The van der Waals surface area contributed by atoms with Crippen molar-refractivity contribution in [3.8, 4) is 0 Å². The maximum absolute atomic E-state index is 12.8. The molecule has 1 aromatic heterocycles. The van der Waals surface area contributed by atoms with Gasteiger partial charge in [0.05, 0.1) is 16.1 Å². The molecule has 2 aromatic carbocycles. The molecule has 1 N–H and O–H groups in total. The Balaban J connectivity index is 1.60. The molecule has 1 aliphatic heterocycles. The van der Waals surface area contributed by atoms with Gasteiger partial charge in [-0.3, -0.25) is 14.5 Å². The highest BCUT2D eigenvalue weighted by atomic mass is 32.2. The van der Waals surface area contributed by atoms with Crippen molar-refractivity contribution in [2.24, 2.45) is 0 Å². The van der Waals surface area contributed by atoms with E-state index in [0.29, 0.717) is 17.8 Å². The van der Waals surface area contributed by atoms with Gasteiger partial charge in [-0.15, -0.1) is 0 Å². The minimum absolute atomic E-state index is 0.146. The van der Waals surface area contributed by atoms with Crippen LogP contribution in [-0.2, 0) is 22.9 Å². The summed E-state index contributed by atoms with van der Waals surface area (Å²) in [6, 6.07) is 15.6. The molecule has 29 heavy (non-hydrogen) atoms. The number of nitrogens with zero attached hydrogens (tertiary/aromatic N) is 2. The van der Waals surface area contributed by atoms with E-state index >= 15 is 0 Å². The van der Waals surface area contributed by atoms with E-state index in [1.807, 2.05) is 25.1 Å². The van der Waals surface area contributed by atoms with Crippen molar-refractivity contribution in [3.05, 3.63) is 83.7 Å². The maximum atomic E-state index is 12.8. The van der Waals surface area contributed by atoms with Gasteiger partial charge in [-0.25, -0.2) is 8.42 Å². The molecular formula is C22H21N3O3S. The molecular weight excluding hydrogens is 386 g/mol. The quantitative estimate of drug-likeness (QED) is 0.700. The summed E-state index contributed by atoms with van der Waals surface area (Å²) < 4.78 is 28.1. The number of anilines is 2. The van der Waals surface area contributed by atoms with Crippen LogP contribution in [0.3, 0.4) is 0 Å². The molecule has 0 saturated heterocycles. The number of aromatic nitrogens is 1. The monoisotopic (exact) mass is 407 g/mol. The fourth-order valence-corrected chi connectivity index (χ4v) is 4.47. The Labute approximate surface area is 170 Å². The number of hydrogen-bond donors (Lipinski definition) is 1. The Hall–Kier alpha value is -3.19. The first-order valence-electron chi connectivity index (χ1n) is 9.44. The summed E-state index contributed by atoms with van der Waals surface area (Å²) in [6.07, 6.45) is 4.73. The van der Waals surface area contributed by atoms with Crippen molar-refractivity contribution >= 4 is 27.3 Å². The first-order chi connectivity index (χ1) is 14.0. The Morgan fingerprint density at radius 3 is 2.62 bits per heavy atom. The number of fused-ring (bicyclic) bond motifs is 1. The van der Waals surface area contributed by atoms with Gasteiger partial charge in [0.15, 0.2) is 0 Å². The van der Waals surface area contributed by atoms with E-state index in [1.165, 1.54) is 6.20 Å². The van der Waals surface area contributed by atoms with Crippen molar-refractivity contribution in [2.75, 3.05) is 16.2 Å². The molecule has 4 rings (SSSR count). The topological polar surface area (TPSA) is 79.4 Å². The maximum Gasteiger partial charge on any atom is 0.261 e. The van der Waals surface area contributed by atoms with Gasteiger partial charge in [-0.2, -0.15) is 0 Å². The Bertz CT molecular complexity index is 1140. The van der Waals surface area contributed by atoms with Crippen LogP contribution < -0.4 is 9.62 Å². The SMILES string of the molecule is CCc1ccc(S(=O)(=O)Nc2ccc3c(c2)N(C(=O)c2cccnc2)CC3)cc1. The number of carbonyl (C=O) groups excluding carboxylic acids is 1. The molecule has 1 amide bonds. The van der Waals surface area contributed by atoms with Crippen LogP contribution in [0.25, 0.3) is 0 Å². The molecule has 0 bridgehead atoms. The van der Waals surface area contributed by atoms with Gasteiger partial charge in [-0.05, 0) is 60.4 Å². The third kappa shape index (κ3) is 3.86. The van der Waals surface area contributed by atoms with Crippen LogP contribution in [0.5, 0.6) is 0 Å². The largest absolute Gasteiger partial charge is 0.308 e. The highest BCUT2D eigenvalue weighted by molar-refractivity contribution is 7.92. The minimum Gasteiger partial charge on any atom is -0.308 e. The van der Waals surface area contributed by atoms with Crippen LogP contribution >= 0.6 is 0 Å². The second-order valence-corrected chi connectivity index (χ2v) is 8.58. The second-order valence-electron chi connectivity index (χ2n) is 6.89. The number of nitrogens with one attached hydrogen (secondary N) is 1. The predicted molar refractivity (Wildman–Crippen MR) is 113 cm³/mol. The van der Waals surface area contributed by atoms with Crippen molar-refractivity contribution in [2.45, 2.75) is 24.7 Å². The lowest BCUT2D eigenvalue weighted by molar-refractivity contribution is 0.0989. The summed E-state index contributed by atoms with van der Waals surface area (Å²) in [6.45, 7) is 2.57. The number of hydrogen-bond acceptors (Lipinski definition) is 4. The summed E-state index contributed by atoms with van der Waals surface area (Å²) in [5.74, 6) is -0.146. The molecule has 0 spiro atoms. The van der Waals surface area contributed by atoms with Gasteiger partial charge in [0.25, 0.3) is 15.9 Å². The third-order valence-electron chi connectivity index (χ3n) is 5.03. The number of rotatable bonds is 5. The highest BCUT2D eigenvalue weighted by Gasteiger charge is 2.26. The second kappa shape index (κ2) is 7.67. The van der Waals surface area contributed by atoms with Gasteiger partial charge < -0.3 is 4.90 Å². The molecule has 0 saturated carbocycles. The fourth-order valence-electron chi connectivity index (χ4n) is 3.42. The van der Waals surface area contributed by atoms with Gasteiger partial charge in [0.2, 0.25) is 0 Å². The zero-order valence-electron chi connectivity index (χ0n) is 16.0. The zero-order chi connectivity index (χ0) is 20.4. The predicted octanol–water partition coefficient (Wildman–Crippen LogP) is 3.65. The Kier molecular flexibility index (Phi) is 5.07. The summed E-state index contributed by atoms with van der Waals surface area (Å²) in [7, 11) is -3.71. The van der Waals surface area contributed by atoms with Crippen molar-refractivity contribution < 1.29 is 13.2 Å². The number of sulfonamides is 1. The molecule has 1 aliphatic rings. The van der Waals surface area contributed by atoms with E-state index in [4.69, 9.17) is 0 Å². The van der Waals surface area contributed by atoms with Crippen LogP contribution in [-0.4, -0.2) is 25.9 Å². The first-order valence-corrected chi connectivity index (χ1v) is 10.9. The molecule has 0 aliphatic carbocycles. The van der Waals surface area contributed by atoms with Crippen molar-refractivity contribution in [1.29, 1.82) is 0 Å². The van der Waals surface area contributed by atoms with Crippen molar-refractivity contribution in [1.82, 2.24) is 4.98 Å². The summed E-state index contributed by atoms with van der Waals surface area (Å²) >= 11 is 0. The lowest BCUT2D eigenvalue weighted by Gasteiger charge is -2.18. The smallest absolute Gasteiger partial charge is 0.261 e. The minimum atomic E-state index is -3.71. The molecule has 0 radical (unpaired) electrons. The van der Waals surface area contributed by atoms with Gasteiger partial charge in [0.1, 0.15) is 0 Å².